The van der Waals surface area contributed by atoms with Gasteiger partial charge >= 0.3 is 0 Å². The molecule has 0 saturated heterocycles. The Kier molecular flexibility index (Phi) is 5.65. The normalized spacial score (nSPS) is 12.8. The minimum atomic E-state index is -0.407. The van der Waals surface area contributed by atoms with E-state index in [1.54, 1.807) is 6.08 Å². The van der Waals surface area contributed by atoms with Gasteiger partial charge in [0.15, 0.2) is 0 Å². The van der Waals surface area contributed by atoms with Crippen molar-refractivity contribution in [1.82, 2.24) is 19.9 Å². The summed E-state index contributed by atoms with van der Waals surface area (Å²) < 4.78 is 2.20. The van der Waals surface area contributed by atoms with Crippen LogP contribution in [0.4, 0.5) is 0 Å². The topological polar surface area (TPSA) is 86.5 Å². The largest absolute Gasteiger partial charge is 0.349 e. The smallest absolute Gasteiger partial charge is 0.262 e. The summed E-state index contributed by atoms with van der Waals surface area (Å²) in [5.74, 6) is 0.253. The number of hydrogen-bond acceptors (Lipinski definition) is 3. The van der Waals surface area contributed by atoms with Gasteiger partial charge in [0.25, 0.3) is 5.91 Å². The van der Waals surface area contributed by atoms with Crippen LogP contribution < -0.4 is 5.32 Å². The van der Waals surface area contributed by atoms with Crippen LogP contribution in [0.1, 0.15) is 49.1 Å². The van der Waals surface area contributed by atoms with Gasteiger partial charge < -0.3 is 14.9 Å². The number of nitriles is 1. The highest BCUT2D eigenvalue weighted by molar-refractivity contribution is 6.02. The molecule has 1 atom stereocenters. The molecule has 2 heterocycles. The lowest BCUT2D eigenvalue weighted by Crippen LogP contribution is -2.28. The molecular formula is C22H25N5O. The molecule has 1 unspecified atom stereocenters. The van der Waals surface area contributed by atoms with Gasteiger partial charge in [0.2, 0.25) is 0 Å². The van der Waals surface area contributed by atoms with Gasteiger partial charge in [-0.15, -0.1) is 0 Å². The van der Waals surface area contributed by atoms with Crippen LogP contribution in [0.25, 0.3) is 17.1 Å². The van der Waals surface area contributed by atoms with Gasteiger partial charge in [0, 0.05) is 17.9 Å². The maximum Gasteiger partial charge on any atom is 0.262 e. The maximum atomic E-state index is 12.7. The lowest BCUT2D eigenvalue weighted by atomic mass is 10.1. The second-order valence-electron chi connectivity index (χ2n) is 6.98. The molecule has 0 aliphatic carbocycles. The number of aromatic amines is 1. The number of carbonyl (C=O) groups is 1. The number of H-pyrrole nitrogens is 1. The van der Waals surface area contributed by atoms with Crippen molar-refractivity contribution in [2.24, 2.45) is 0 Å². The fraction of sp³-hybridized carbons (Fsp3) is 0.318. The predicted octanol–water partition coefficient (Wildman–Crippen LogP) is 4.18. The van der Waals surface area contributed by atoms with E-state index >= 15 is 0 Å². The highest BCUT2D eigenvalue weighted by Gasteiger charge is 2.17. The SMILES string of the molecule is CCCn1c(C)cc(C=C(C#N)C(=O)NC(C)c2nc3ccccc3[nH]2)c1C. The monoisotopic (exact) mass is 375 g/mol. The Balaban J connectivity index is 1.81. The first kappa shape index (κ1) is 19.4. The fourth-order valence-corrected chi connectivity index (χ4v) is 3.37. The van der Waals surface area contributed by atoms with Crippen LogP contribution in [0.15, 0.2) is 35.9 Å². The molecule has 0 saturated carbocycles. The molecular weight excluding hydrogens is 350 g/mol. The first-order valence-electron chi connectivity index (χ1n) is 9.48. The van der Waals surface area contributed by atoms with Crippen molar-refractivity contribution in [3.8, 4) is 6.07 Å². The molecule has 2 N–H and O–H groups in total. The van der Waals surface area contributed by atoms with Crippen molar-refractivity contribution in [3.63, 3.8) is 0 Å². The molecule has 1 aromatic carbocycles. The molecule has 3 aromatic rings. The first-order valence-corrected chi connectivity index (χ1v) is 9.48. The Morgan fingerprint density at radius 3 is 2.82 bits per heavy atom. The molecule has 144 valence electrons. The van der Waals surface area contributed by atoms with Crippen LogP contribution in [0.5, 0.6) is 0 Å². The van der Waals surface area contributed by atoms with Crippen LogP contribution in [0, 0.1) is 25.2 Å². The summed E-state index contributed by atoms with van der Waals surface area (Å²) in [6.07, 6.45) is 2.69. The number of nitrogens with one attached hydrogen (secondary N) is 2. The van der Waals surface area contributed by atoms with Crippen molar-refractivity contribution >= 4 is 23.0 Å². The molecule has 0 aliphatic rings. The van der Waals surface area contributed by atoms with Gasteiger partial charge in [-0.25, -0.2) is 4.98 Å². The van der Waals surface area contributed by atoms with E-state index in [-0.39, 0.29) is 11.6 Å². The van der Waals surface area contributed by atoms with Gasteiger partial charge in [-0.3, -0.25) is 4.79 Å². The van der Waals surface area contributed by atoms with E-state index in [0.29, 0.717) is 5.82 Å². The first-order chi connectivity index (χ1) is 13.4. The van der Waals surface area contributed by atoms with Crippen LogP contribution in [-0.2, 0) is 11.3 Å². The Morgan fingerprint density at radius 2 is 2.14 bits per heavy atom. The zero-order chi connectivity index (χ0) is 20.3. The van der Waals surface area contributed by atoms with Gasteiger partial charge in [-0.2, -0.15) is 5.26 Å². The van der Waals surface area contributed by atoms with Crippen LogP contribution in [0.3, 0.4) is 0 Å². The summed E-state index contributed by atoms with van der Waals surface area (Å²) in [4.78, 5) is 20.4. The molecule has 1 amide bonds. The number of rotatable bonds is 6. The van der Waals surface area contributed by atoms with E-state index in [1.807, 2.05) is 57.2 Å². The molecule has 2 aromatic heterocycles. The van der Waals surface area contributed by atoms with E-state index in [2.05, 4.69) is 26.8 Å². The standard InChI is InChI=1S/C22H25N5O/c1-5-10-27-14(2)11-17(16(27)4)12-18(13-23)22(28)24-15(3)21-25-19-8-6-7-9-20(19)26-21/h6-9,11-12,15H,5,10H2,1-4H3,(H,24,28)(H,25,26). The maximum absolute atomic E-state index is 12.7. The molecule has 28 heavy (non-hydrogen) atoms. The average molecular weight is 375 g/mol. The van der Waals surface area contributed by atoms with Crippen molar-refractivity contribution in [1.29, 1.82) is 5.26 Å². The summed E-state index contributed by atoms with van der Waals surface area (Å²) >= 11 is 0. The summed E-state index contributed by atoms with van der Waals surface area (Å²) in [6.45, 7) is 8.94. The number of benzene rings is 1. The third-order valence-electron chi connectivity index (χ3n) is 4.89. The van der Waals surface area contributed by atoms with Gasteiger partial charge in [-0.1, -0.05) is 19.1 Å². The van der Waals surface area contributed by atoms with E-state index in [0.717, 1.165) is 41.0 Å². The predicted molar refractivity (Wildman–Crippen MR) is 110 cm³/mol. The molecule has 0 spiro atoms. The fourth-order valence-electron chi connectivity index (χ4n) is 3.37. The lowest BCUT2D eigenvalue weighted by Gasteiger charge is -2.11. The van der Waals surface area contributed by atoms with E-state index in [4.69, 9.17) is 0 Å². The number of amides is 1. The second kappa shape index (κ2) is 8.13. The molecule has 6 heteroatoms. The Labute approximate surface area is 164 Å². The minimum Gasteiger partial charge on any atom is -0.349 e. The molecule has 0 radical (unpaired) electrons. The number of para-hydroxylation sites is 2. The second-order valence-corrected chi connectivity index (χ2v) is 6.98. The van der Waals surface area contributed by atoms with Crippen LogP contribution in [-0.4, -0.2) is 20.4 Å². The number of carbonyl (C=O) groups excluding carboxylic acids is 1. The molecule has 3 rings (SSSR count). The zero-order valence-electron chi connectivity index (χ0n) is 16.7. The minimum absolute atomic E-state index is 0.0831. The molecule has 0 bridgehead atoms. The highest BCUT2D eigenvalue weighted by Crippen LogP contribution is 2.20. The van der Waals surface area contributed by atoms with E-state index in [9.17, 15) is 10.1 Å². The van der Waals surface area contributed by atoms with Crippen molar-refractivity contribution < 1.29 is 4.79 Å². The number of nitrogens with zero attached hydrogens (tertiary/aromatic N) is 3. The third kappa shape index (κ3) is 3.84. The number of aromatic nitrogens is 3. The molecule has 6 nitrogen and oxygen atoms in total. The van der Waals surface area contributed by atoms with Crippen molar-refractivity contribution in [2.45, 2.75) is 46.7 Å². The van der Waals surface area contributed by atoms with Gasteiger partial charge in [0.1, 0.15) is 17.5 Å². The summed E-state index contributed by atoms with van der Waals surface area (Å²) in [5.41, 5.74) is 4.92. The third-order valence-corrected chi connectivity index (χ3v) is 4.89. The molecule has 0 aliphatic heterocycles. The zero-order valence-corrected chi connectivity index (χ0v) is 16.7. The van der Waals surface area contributed by atoms with Crippen molar-refractivity contribution in [3.05, 3.63) is 58.7 Å². The van der Waals surface area contributed by atoms with Crippen molar-refractivity contribution in [2.75, 3.05) is 0 Å². The van der Waals surface area contributed by atoms with Crippen LogP contribution in [0.2, 0.25) is 0 Å². The Morgan fingerprint density at radius 1 is 1.39 bits per heavy atom. The van der Waals surface area contributed by atoms with Gasteiger partial charge in [0.05, 0.1) is 17.1 Å². The summed E-state index contributed by atoms with van der Waals surface area (Å²) in [6, 6.07) is 11.4. The number of imidazole rings is 1. The van der Waals surface area contributed by atoms with Crippen LogP contribution >= 0.6 is 0 Å². The Bertz CT molecular complexity index is 1050. The van der Waals surface area contributed by atoms with Gasteiger partial charge in [-0.05, 0) is 57.0 Å². The molecule has 0 fully saturated rings. The summed E-state index contributed by atoms with van der Waals surface area (Å²) in [7, 11) is 0. The quantitative estimate of drug-likeness (QED) is 0.501. The van der Waals surface area contributed by atoms with E-state index < -0.39 is 5.91 Å². The number of fused-ring (bicyclic) bond motifs is 1. The van der Waals surface area contributed by atoms with E-state index in [1.165, 1.54) is 0 Å². The number of aryl methyl sites for hydroxylation is 1. The Hall–Kier alpha value is -3.33. The highest BCUT2D eigenvalue weighted by atomic mass is 16.1. The summed E-state index contributed by atoms with van der Waals surface area (Å²) in [5, 5.41) is 12.4. The lowest BCUT2D eigenvalue weighted by molar-refractivity contribution is -0.117. The average Bonchev–Trinajstić information content (AvgIpc) is 3.22. The number of hydrogen-bond donors (Lipinski definition) is 2.